The molecule has 5 nitrogen and oxygen atoms in total. The molecule has 3 rings (SSSR count). The van der Waals surface area contributed by atoms with Crippen molar-refractivity contribution in [2.24, 2.45) is 0 Å². The molecule has 0 radical (unpaired) electrons. The molecule has 1 atom stereocenters. The topological polar surface area (TPSA) is 72.5 Å². The Labute approximate surface area is 165 Å². The van der Waals surface area contributed by atoms with Gasteiger partial charge in [-0.05, 0) is 54.7 Å². The maximum Gasteiger partial charge on any atom is 0.310 e. The van der Waals surface area contributed by atoms with Gasteiger partial charge in [0.25, 0.3) is 0 Å². The molecule has 2 aromatic carbocycles. The molecular weight excluding hydrogens is 354 g/mol. The summed E-state index contributed by atoms with van der Waals surface area (Å²) in [5.74, 6) is -1.07. The number of hydrogen-bond donors (Lipinski definition) is 1. The number of unbranched alkanes of at least 4 members (excludes halogenated alkanes) is 1. The average molecular weight is 379 g/mol. The van der Waals surface area contributed by atoms with Crippen molar-refractivity contribution in [1.82, 2.24) is 0 Å². The van der Waals surface area contributed by atoms with E-state index in [1.807, 2.05) is 24.3 Å². The number of carbonyl (C=O) groups is 3. The minimum Gasteiger partial charge on any atom is -0.457 e. The molecule has 0 aromatic heterocycles. The van der Waals surface area contributed by atoms with Crippen LogP contribution < -0.4 is 5.32 Å². The maximum atomic E-state index is 12.4. The van der Waals surface area contributed by atoms with Crippen molar-refractivity contribution in [3.8, 4) is 0 Å². The molecule has 0 bridgehead atoms. The van der Waals surface area contributed by atoms with E-state index in [4.69, 9.17) is 4.74 Å². The number of hydrogen-bond acceptors (Lipinski definition) is 4. The predicted molar refractivity (Wildman–Crippen MR) is 108 cm³/mol. The SMILES string of the molecule is CCCCc1ccc(CC(=O)OCC(=O)c2ccc3c(c2)[C@@H](C)C(=O)N3)cc1. The van der Waals surface area contributed by atoms with Gasteiger partial charge in [-0.25, -0.2) is 0 Å². The standard InChI is InChI=1S/C23H25NO4/c1-3-4-5-16-6-8-17(9-7-16)12-22(26)28-14-21(25)18-10-11-20-19(13-18)15(2)23(27)24-20/h6-11,13,15H,3-5,12,14H2,1-2H3,(H,24,27)/t15-/m1/s1. The van der Waals surface area contributed by atoms with Crippen LogP contribution in [0.5, 0.6) is 0 Å². The second-order valence-electron chi connectivity index (χ2n) is 7.19. The van der Waals surface area contributed by atoms with Crippen molar-refractivity contribution in [3.63, 3.8) is 0 Å². The van der Waals surface area contributed by atoms with Crippen LogP contribution in [0.4, 0.5) is 5.69 Å². The lowest BCUT2D eigenvalue weighted by molar-refractivity contribution is -0.141. The number of nitrogens with one attached hydrogen (secondary N) is 1. The van der Waals surface area contributed by atoms with E-state index in [0.717, 1.165) is 36.1 Å². The summed E-state index contributed by atoms with van der Waals surface area (Å²) in [5.41, 5.74) is 4.09. The maximum absolute atomic E-state index is 12.4. The minimum atomic E-state index is -0.430. The second-order valence-corrected chi connectivity index (χ2v) is 7.19. The molecule has 0 aliphatic carbocycles. The number of benzene rings is 2. The van der Waals surface area contributed by atoms with Gasteiger partial charge in [0.2, 0.25) is 5.91 Å². The average Bonchev–Trinajstić information content (AvgIpc) is 2.99. The molecule has 1 N–H and O–H groups in total. The number of carbonyl (C=O) groups excluding carboxylic acids is 3. The van der Waals surface area contributed by atoms with Gasteiger partial charge in [0, 0.05) is 11.3 Å². The normalized spacial score (nSPS) is 15.1. The number of Topliss-reactive ketones (excluding diaryl/α,β-unsaturated/α-hetero) is 1. The van der Waals surface area contributed by atoms with Gasteiger partial charge in [-0.15, -0.1) is 0 Å². The van der Waals surface area contributed by atoms with Crippen molar-refractivity contribution < 1.29 is 19.1 Å². The quantitative estimate of drug-likeness (QED) is 0.555. The highest BCUT2D eigenvalue weighted by atomic mass is 16.5. The van der Waals surface area contributed by atoms with Crippen LogP contribution in [-0.2, 0) is 27.2 Å². The van der Waals surface area contributed by atoms with Gasteiger partial charge < -0.3 is 10.1 Å². The largest absolute Gasteiger partial charge is 0.457 e. The fourth-order valence-electron chi connectivity index (χ4n) is 3.24. The number of amides is 1. The highest BCUT2D eigenvalue weighted by Gasteiger charge is 2.27. The molecule has 0 spiro atoms. The summed E-state index contributed by atoms with van der Waals surface area (Å²) in [6.07, 6.45) is 3.48. The summed E-state index contributed by atoms with van der Waals surface area (Å²) in [7, 11) is 0. The van der Waals surface area contributed by atoms with Crippen molar-refractivity contribution in [2.45, 2.75) is 45.4 Å². The smallest absolute Gasteiger partial charge is 0.310 e. The highest BCUT2D eigenvalue weighted by molar-refractivity contribution is 6.05. The lowest BCUT2D eigenvalue weighted by Crippen LogP contribution is -2.16. The van der Waals surface area contributed by atoms with E-state index < -0.39 is 5.97 Å². The Kier molecular flexibility index (Phi) is 6.24. The van der Waals surface area contributed by atoms with Gasteiger partial charge in [-0.2, -0.15) is 0 Å². The van der Waals surface area contributed by atoms with Crippen LogP contribution in [0.1, 0.15) is 59.7 Å². The lowest BCUT2D eigenvalue weighted by Gasteiger charge is -2.07. The van der Waals surface area contributed by atoms with Crippen molar-refractivity contribution in [2.75, 3.05) is 11.9 Å². The van der Waals surface area contributed by atoms with Gasteiger partial charge in [0.05, 0.1) is 12.3 Å². The van der Waals surface area contributed by atoms with Gasteiger partial charge >= 0.3 is 5.97 Å². The summed E-state index contributed by atoms with van der Waals surface area (Å²) >= 11 is 0. The molecule has 1 heterocycles. The van der Waals surface area contributed by atoms with Gasteiger partial charge in [-0.3, -0.25) is 14.4 Å². The van der Waals surface area contributed by atoms with Crippen LogP contribution >= 0.6 is 0 Å². The number of ether oxygens (including phenoxy) is 1. The fourth-order valence-corrected chi connectivity index (χ4v) is 3.24. The molecule has 0 unspecified atom stereocenters. The number of fused-ring (bicyclic) bond motifs is 1. The first-order chi connectivity index (χ1) is 13.5. The van der Waals surface area contributed by atoms with Crippen LogP contribution in [0.15, 0.2) is 42.5 Å². The molecule has 0 saturated carbocycles. The summed E-state index contributed by atoms with van der Waals surface area (Å²) in [6.45, 7) is 3.65. The number of ketones is 1. The molecule has 146 valence electrons. The fraction of sp³-hybridized carbons (Fsp3) is 0.348. The summed E-state index contributed by atoms with van der Waals surface area (Å²) < 4.78 is 5.15. The van der Waals surface area contributed by atoms with E-state index in [0.29, 0.717) is 5.56 Å². The first kappa shape index (κ1) is 19.8. The zero-order chi connectivity index (χ0) is 20.1. The Morgan fingerprint density at radius 2 is 1.79 bits per heavy atom. The minimum absolute atomic E-state index is 0.0771. The predicted octanol–water partition coefficient (Wildman–Crippen LogP) is 4.05. The summed E-state index contributed by atoms with van der Waals surface area (Å²) in [4.78, 5) is 36.1. The first-order valence-corrected chi connectivity index (χ1v) is 9.69. The van der Waals surface area contributed by atoms with Gasteiger partial charge in [0.1, 0.15) is 0 Å². The third-order valence-electron chi connectivity index (χ3n) is 5.05. The number of anilines is 1. The van der Waals surface area contributed by atoms with E-state index in [9.17, 15) is 14.4 Å². The summed E-state index contributed by atoms with van der Waals surface area (Å²) in [5, 5.41) is 2.77. The first-order valence-electron chi connectivity index (χ1n) is 9.69. The molecule has 1 aliphatic rings. The van der Waals surface area contributed by atoms with Crippen LogP contribution in [-0.4, -0.2) is 24.3 Å². The lowest BCUT2D eigenvalue weighted by atomic mass is 9.99. The molecule has 1 amide bonds. The molecule has 0 saturated heterocycles. The van der Waals surface area contributed by atoms with E-state index >= 15 is 0 Å². The highest BCUT2D eigenvalue weighted by Crippen LogP contribution is 2.32. The zero-order valence-corrected chi connectivity index (χ0v) is 16.3. The van der Waals surface area contributed by atoms with Crippen LogP contribution in [0.25, 0.3) is 0 Å². The number of aryl methyl sites for hydroxylation is 1. The third kappa shape index (κ3) is 4.66. The zero-order valence-electron chi connectivity index (χ0n) is 16.3. The molecule has 2 aromatic rings. The third-order valence-corrected chi connectivity index (χ3v) is 5.05. The molecule has 0 fully saturated rings. The van der Waals surface area contributed by atoms with E-state index in [-0.39, 0.29) is 30.6 Å². The molecule has 28 heavy (non-hydrogen) atoms. The van der Waals surface area contributed by atoms with Crippen LogP contribution in [0, 0.1) is 0 Å². The van der Waals surface area contributed by atoms with Crippen LogP contribution in [0.3, 0.4) is 0 Å². The van der Waals surface area contributed by atoms with Crippen molar-refractivity contribution in [3.05, 3.63) is 64.7 Å². The Hall–Kier alpha value is -2.95. The molecular formula is C23H25NO4. The number of rotatable bonds is 8. The van der Waals surface area contributed by atoms with Crippen molar-refractivity contribution >= 4 is 23.3 Å². The Balaban J connectivity index is 1.52. The molecule has 1 aliphatic heterocycles. The Bertz CT molecular complexity index is 886. The van der Waals surface area contributed by atoms with Crippen molar-refractivity contribution in [1.29, 1.82) is 0 Å². The van der Waals surface area contributed by atoms with Crippen LogP contribution in [0.2, 0.25) is 0 Å². The van der Waals surface area contributed by atoms with E-state index in [1.54, 1.807) is 25.1 Å². The monoisotopic (exact) mass is 379 g/mol. The van der Waals surface area contributed by atoms with E-state index in [1.165, 1.54) is 5.56 Å². The second kappa shape index (κ2) is 8.83. The van der Waals surface area contributed by atoms with E-state index in [2.05, 4.69) is 12.2 Å². The molecule has 5 heteroatoms. The van der Waals surface area contributed by atoms with Gasteiger partial charge in [-0.1, -0.05) is 37.6 Å². The van der Waals surface area contributed by atoms with Gasteiger partial charge in [0.15, 0.2) is 12.4 Å². The summed E-state index contributed by atoms with van der Waals surface area (Å²) in [6, 6.07) is 13.0. The Morgan fingerprint density at radius 1 is 1.07 bits per heavy atom. The number of esters is 1. The Morgan fingerprint density at radius 3 is 2.50 bits per heavy atom.